The Bertz CT molecular complexity index is 716. The van der Waals surface area contributed by atoms with E-state index in [0.29, 0.717) is 17.8 Å². The Hall–Kier alpha value is -1.88. The highest BCUT2D eigenvalue weighted by Gasteiger charge is 2.10. The molecule has 2 heterocycles. The number of anilines is 1. The Kier molecular flexibility index (Phi) is 3.44. The van der Waals surface area contributed by atoms with Crippen molar-refractivity contribution in [2.45, 2.75) is 26.3 Å². The van der Waals surface area contributed by atoms with Gasteiger partial charge in [-0.2, -0.15) is 0 Å². The molecule has 5 heteroatoms. The molecule has 0 unspecified atom stereocenters. The Morgan fingerprint density at radius 1 is 1.35 bits per heavy atom. The van der Waals surface area contributed by atoms with Gasteiger partial charge in [0.15, 0.2) is 0 Å². The standard InChI is InChI=1S/C15H16FN3S/c1-9(2)14-5-12-13(16)3-10(4-15(12)19-14)17-6-11-7-20-8-18-11/h3-5,7-9,17,19H,6H2,1-2H3. The van der Waals surface area contributed by atoms with Gasteiger partial charge < -0.3 is 10.3 Å². The van der Waals surface area contributed by atoms with Gasteiger partial charge in [0, 0.05) is 22.1 Å². The third-order valence-electron chi connectivity index (χ3n) is 3.29. The summed E-state index contributed by atoms with van der Waals surface area (Å²) in [5.74, 6) is 0.152. The summed E-state index contributed by atoms with van der Waals surface area (Å²) in [5, 5.41) is 5.83. The third-order valence-corrected chi connectivity index (χ3v) is 3.92. The molecule has 1 aromatic carbocycles. The summed E-state index contributed by atoms with van der Waals surface area (Å²) >= 11 is 1.56. The van der Waals surface area contributed by atoms with E-state index in [9.17, 15) is 4.39 Å². The summed E-state index contributed by atoms with van der Waals surface area (Å²) in [7, 11) is 0. The number of rotatable bonds is 4. The van der Waals surface area contributed by atoms with Crippen molar-refractivity contribution >= 4 is 27.9 Å². The molecule has 0 amide bonds. The third kappa shape index (κ3) is 2.54. The molecule has 0 atom stereocenters. The van der Waals surface area contributed by atoms with Crippen molar-refractivity contribution in [3.8, 4) is 0 Å². The molecule has 0 radical (unpaired) electrons. The number of benzene rings is 1. The van der Waals surface area contributed by atoms with E-state index in [1.54, 1.807) is 16.8 Å². The molecule has 3 nitrogen and oxygen atoms in total. The average Bonchev–Trinajstić information content (AvgIpc) is 3.05. The van der Waals surface area contributed by atoms with Gasteiger partial charge in [0.25, 0.3) is 0 Å². The Morgan fingerprint density at radius 2 is 2.20 bits per heavy atom. The van der Waals surface area contributed by atoms with Gasteiger partial charge in [0.05, 0.1) is 23.3 Å². The first kappa shape index (κ1) is 13.1. The number of H-pyrrole nitrogens is 1. The van der Waals surface area contributed by atoms with Gasteiger partial charge >= 0.3 is 0 Å². The maximum atomic E-state index is 14.1. The van der Waals surface area contributed by atoms with Crippen molar-refractivity contribution in [2.24, 2.45) is 0 Å². The molecular formula is C15H16FN3S. The minimum atomic E-state index is -0.202. The average molecular weight is 289 g/mol. The molecule has 104 valence electrons. The summed E-state index contributed by atoms with van der Waals surface area (Å²) in [4.78, 5) is 7.47. The van der Waals surface area contributed by atoms with Crippen LogP contribution in [0.5, 0.6) is 0 Å². The summed E-state index contributed by atoms with van der Waals surface area (Å²) in [6.45, 7) is 4.78. The lowest BCUT2D eigenvalue weighted by Crippen LogP contribution is -1.99. The highest BCUT2D eigenvalue weighted by molar-refractivity contribution is 7.07. The zero-order chi connectivity index (χ0) is 14.1. The van der Waals surface area contributed by atoms with Crippen LogP contribution in [0, 0.1) is 5.82 Å². The van der Waals surface area contributed by atoms with E-state index in [0.717, 1.165) is 22.6 Å². The Labute approximate surface area is 120 Å². The fraction of sp³-hybridized carbons (Fsp3) is 0.267. The van der Waals surface area contributed by atoms with Crippen LogP contribution >= 0.6 is 11.3 Å². The number of thiazole rings is 1. The van der Waals surface area contributed by atoms with Crippen molar-refractivity contribution in [1.29, 1.82) is 0 Å². The first-order chi connectivity index (χ1) is 9.63. The molecule has 2 aromatic heterocycles. The quantitative estimate of drug-likeness (QED) is 0.742. The Morgan fingerprint density at radius 3 is 2.90 bits per heavy atom. The molecule has 0 saturated heterocycles. The van der Waals surface area contributed by atoms with Gasteiger partial charge in [0.2, 0.25) is 0 Å². The van der Waals surface area contributed by atoms with Crippen LogP contribution in [0.1, 0.15) is 31.2 Å². The number of hydrogen-bond donors (Lipinski definition) is 2. The summed E-state index contributed by atoms with van der Waals surface area (Å²) in [5.41, 5.74) is 5.40. The van der Waals surface area contributed by atoms with Crippen LogP contribution in [0.15, 0.2) is 29.1 Å². The molecule has 3 rings (SSSR count). The van der Waals surface area contributed by atoms with Gasteiger partial charge in [-0.15, -0.1) is 11.3 Å². The normalized spacial score (nSPS) is 11.4. The van der Waals surface area contributed by atoms with Crippen LogP contribution in [0.25, 0.3) is 10.9 Å². The maximum Gasteiger partial charge on any atom is 0.134 e. The van der Waals surface area contributed by atoms with Gasteiger partial charge in [-0.25, -0.2) is 9.37 Å². The molecule has 20 heavy (non-hydrogen) atoms. The number of halogens is 1. The summed E-state index contributed by atoms with van der Waals surface area (Å²) < 4.78 is 14.1. The maximum absolute atomic E-state index is 14.1. The van der Waals surface area contributed by atoms with E-state index in [-0.39, 0.29) is 5.82 Å². The van der Waals surface area contributed by atoms with Crippen molar-refractivity contribution in [3.05, 3.63) is 46.3 Å². The van der Waals surface area contributed by atoms with Crippen molar-refractivity contribution in [2.75, 3.05) is 5.32 Å². The van der Waals surface area contributed by atoms with Gasteiger partial charge in [-0.05, 0) is 24.1 Å². The minimum absolute atomic E-state index is 0.202. The van der Waals surface area contributed by atoms with E-state index in [1.165, 1.54) is 6.07 Å². The van der Waals surface area contributed by atoms with E-state index < -0.39 is 0 Å². The van der Waals surface area contributed by atoms with Crippen molar-refractivity contribution in [3.63, 3.8) is 0 Å². The predicted molar refractivity (Wildman–Crippen MR) is 81.8 cm³/mol. The predicted octanol–water partition coefficient (Wildman–Crippen LogP) is 4.50. The second kappa shape index (κ2) is 5.25. The number of nitrogens with zero attached hydrogens (tertiary/aromatic N) is 1. The van der Waals surface area contributed by atoms with Crippen LogP contribution in [-0.2, 0) is 6.54 Å². The fourth-order valence-corrected chi connectivity index (χ4v) is 2.70. The zero-order valence-corrected chi connectivity index (χ0v) is 12.2. The summed E-state index contributed by atoms with van der Waals surface area (Å²) in [6, 6.07) is 5.36. The minimum Gasteiger partial charge on any atom is -0.379 e. The van der Waals surface area contributed by atoms with Crippen molar-refractivity contribution < 1.29 is 4.39 Å². The second-order valence-corrected chi connectivity index (χ2v) is 5.85. The number of fused-ring (bicyclic) bond motifs is 1. The molecule has 0 aliphatic heterocycles. The second-order valence-electron chi connectivity index (χ2n) is 5.13. The van der Waals surface area contributed by atoms with Crippen LogP contribution in [0.4, 0.5) is 10.1 Å². The lowest BCUT2D eigenvalue weighted by Gasteiger charge is -2.05. The van der Waals surface area contributed by atoms with E-state index in [2.05, 4.69) is 29.1 Å². The van der Waals surface area contributed by atoms with E-state index in [1.807, 2.05) is 17.5 Å². The largest absolute Gasteiger partial charge is 0.379 e. The summed E-state index contributed by atoms with van der Waals surface area (Å²) in [6.07, 6.45) is 0. The smallest absolute Gasteiger partial charge is 0.134 e. The topological polar surface area (TPSA) is 40.7 Å². The highest BCUT2D eigenvalue weighted by Crippen LogP contribution is 2.26. The molecule has 0 saturated carbocycles. The monoisotopic (exact) mass is 289 g/mol. The van der Waals surface area contributed by atoms with Gasteiger partial charge in [-0.1, -0.05) is 13.8 Å². The highest BCUT2D eigenvalue weighted by atomic mass is 32.1. The first-order valence-electron chi connectivity index (χ1n) is 6.56. The number of hydrogen-bond acceptors (Lipinski definition) is 3. The van der Waals surface area contributed by atoms with Gasteiger partial charge in [-0.3, -0.25) is 0 Å². The lowest BCUT2D eigenvalue weighted by molar-refractivity contribution is 0.640. The van der Waals surface area contributed by atoms with Crippen LogP contribution < -0.4 is 5.32 Å². The van der Waals surface area contributed by atoms with Crippen LogP contribution in [-0.4, -0.2) is 9.97 Å². The zero-order valence-electron chi connectivity index (χ0n) is 11.4. The number of nitrogens with one attached hydrogen (secondary N) is 2. The number of aromatic amines is 1. The molecule has 0 spiro atoms. The molecule has 2 N–H and O–H groups in total. The van der Waals surface area contributed by atoms with Crippen molar-refractivity contribution in [1.82, 2.24) is 9.97 Å². The fourth-order valence-electron chi connectivity index (χ4n) is 2.15. The van der Waals surface area contributed by atoms with Crippen LogP contribution in [0.3, 0.4) is 0 Å². The van der Waals surface area contributed by atoms with Gasteiger partial charge in [0.1, 0.15) is 5.82 Å². The Balaban J connectivity index is 1.88. The molecule has 0 aliphatic carbocycles. The lowest BCUT2D eigenvalue weighted by atomic mass is 10.1. The van der Waals surface area contributed by atoms with E-state index >= 15 is 0 Å². The molecule has 3 aromatic rings. The first-order valence-corrected chi connectivity index (χ1v) is 7.51. The van der Waals surface area contributed by atoms with Crippen LogP contribution in [0.2, 0.25) is 0 Å². The number of aromatic nitrogens is 2. The molecule has 0 aliphatic rings. The molecular weight excluding hydrogens is 273 g/mol. The molecule has 0 fully saturated rings. The molecule has 0 bridgehead atoms. The van der Waals surface area contributed by atoms with E-state index in [4.69, 9.17) is 0 Å². The SMILES string of the molecule is CC(C)c1cc2c(F)cc(NCc3cscn3)cc2[nH]1.